The lowest BCUT2D eigenvalue weighted by Gasteiger charge is -2.07. The van der Waals surface area contributed by atoms with Crippen molar-refractivity contribution in [1.29, 1.82) is 0 Å². The van der Waals surface area contributed by atoms with Crippen molar-refractivity contribution >= 4 is 10.0 Å². The SMILES string of the molecule is COCCOCCCNS(=O)(=O)c1ccc(F)cc1. The lowest BCUT2D eigenvalue weighted by molar-refractivity contribution is 0.0699. The number of benzene rings is 1. The van der Waals surface area contributed by atoms with Gasteiger partial charge in [0, 0.05) is 20.3 Å². The van der Waals surface area contributed by atoms with Gasteiger partial charge in [-0.25, -0.2) is 17.5 Å². The molecule has 0 bridgehead atoms. The Morgan fingerprint density at radius 1 is 1.16 bits per heavy atom. The molecule has 0 fully saturated rings. The summed E-state index contributed by atoms with van der Waals surface area (Å²) in [6.45, 7) is 1.73. The van der Waals surface area contributed by atoms with E-state index in [-0.39, 0.29) is 11.4 Å². The second-order valence-corrected chi connectivity index (χ2v) is 5.58. The van der Waals surface area contributed by atoms with Crippen molar-refractivity contribution in [1.82, 2.24) is 4.72 Å². The maximum Gasteiger partial charge on any atom is 0.240 e. The average molecular weight is 291 g/mol. The Morgan fingerprint density at radius 2 is 1.84 bits per heavy atom. The molecule has 1 rings (SSSR count). The van der Waals surface area contributed by atoms with Crippen LogP contribution in [0.5, 0.6) is 0 Å². The molecule has 0 aliphatic heterocycles. The number of nitrogens with one attached hydrogen (secondary N) is 1. The molecular weight excluding hydrogens is 273 g/mol. The van der Waals surface area contributed by atoms with Crippen LogP contribution in [0.15, 0.2) is 29.2 Å². The first-order chi connectivity index (χ1) is 9.06. The zero-order chi connectivity index (χ0) is 14.1. The summed E-state index contributed by atoms with van der Waals surface area (Å²) < 4.78 is 48.7. The van der Waals surface area contributed by atoms with Gasteiger partial charge < -0.3 is 9.47 Å². The summed E-state index contributed by atoms with van der Waals surface area (Å²) in [5, 5.41) is 0. The van der Waals surface area contributed by atoms with Gasteiger partial charge in [-0.1, -0.05) is 0 Å². The lowest BCUT2D eigenvalue weighted by Crippen LogP contribution is -2.25. The summed E-state index contributed by atoms with van der Waals surface area (Å²) in [6.07, 6.45) is 0.560. The molecule has 0 saturated carbocycles. The van der Waals surface area contributed by atoms with Crippen molar-refractivity contribution in [3.63, 3.8) is 0 Å². The Morgan fingerprint density at radius 3 is 2.47 bits per heavy atom. The highest BCUT2D eigenvalue weighted by atomic mass is 32.2. The van der Waals surface area contributed by atoms with Gasteiger partial charge in [0.2, 0.25) is 10.0 Å². The van der Waals surface area contributed by atoms with E-state index >= 15 is 0 Å². The van der Waals surface area contributed by atoms with E-state index in [0.717, 1.165) is 12.1 Å². The second kappa shape index (κ2) is 8.21. The van der Waals surface area contributed by atoms with Crippen molar-refractivity contribution in [2.45, 2.75) is 11.3 Å². The minimum absolute atomic E-state index is 0.0502. The van der Waals surface area contributed by atoms with Gasteiger partial charge in [0.15, 0.2) is 0 Å². The molecule has 1 aromatic rings. The second-order valence-electron chi connectivity index (χ2n) is 3.81. The summed E-state index contributed by atoms with van der Waals surface area (Å²) in [6, 6.07) is 4.68. The van der Waals surface area contributed by atoms with E-state index in [1.54, 1.807) is 7.11 Å². The van der Waals surface area contributed by atoms with Crippen molar-refractivity contribution < 1.29 is 22.3 Å². The lowest BCUT2D eigenvalue weighted by atomic mass is 10.4. The molecule has 0 spiro atoms. The smallest absolute Gasteiger partial charge is 0.240 e. The fraction of sp³-hybridized carbons (Fsp3) is 0.500. The first kappa shape index (κ1) is 16.0. The van der Waals surface area contributed by atoms with Crippen LogP contribution in [0.1, 0.15) is 6.42 Å². The number of hydrogen-bond donors (Lipinski definition) is 1. The van der Waals surface area contributed by atoms with E-state index in [0.29, 0.717) is 26.2 Å². The fourth-order valence-electron chi connectivity index (χ4n) is 1.32. The Bertz CT molecular complexity index is 461. The van der Waals surface area contributed by atoms with Crippen LogP contribution in [-0.2, 0) is 19.5 Å². The summed E-state index contributed by atoms with van der Waals surface area (Å²) in [7, 11) is -1.99. The van der Waals surface area contributed by atoms with E-state index in [2.05, 4.69) is 4.72 Å². The van der Waals surface area contributed by atoms with Gasteiger partial charge in [-0.3, -0.25) is 0 Å². The van der Waals surface area contributed by atoms with Crippen molar-refractivity contribution in [2.24, 2.45) is 0 Å². The van der Waals surface area contributed by atoms with E-state index in [1.807, 2.05) is 0 Å². The monoisotopic (exact) mass is 291 g/mol. The summed E-state index contributed by atoms with van der Waals surface area (Å²) in [5.74, 6) is -0.467. The van der Waals surface area contributed by atoms with E-state index < -0.39 is 15.8 Å². The van der Waals surface area contributed by atoms with Crippen LogP contribution in [0.4, 0.5) is 4.39 Å². The van der Waals surface area contributed by atoms with Crippen LogP contribution in [0.25, 0.3) is 0 Å². The van der Waals surface area contributed by atoms with Crippen LogP contribution in [0, 0.1) is 5.82 Å². The van der Waals surface area contributed by atoms with Crippen LogP contribution in [0.2, 0.25) is 0 Å². The Balaban J connectivity index is 2.29. The fourth-order valence-corrected chi connectivity index (χ4v) is 2.40. The largest absolute Gasteiger partial charge is 0.382 e. The van der Waals surface area contributed by atoms with Crippen molar-refractivity contribution in [2.75, 3.05) is 33.5 Å². The molecule has 0 radical (unpaired) electrons. The highest BCUT2D eigenvalue weighted by Crippen LogP contribution is 2.09. The number of ether oxygens (including phenoxy) is 2. The van der Waals surface area contributed by atoms with Crippen LogP contribution in [0.3, 0.4) is 0 Å². The maximum atomic E-state index is 12.7. The topological polar surface area (TPSA) is 64.6 Å². The Kier molecular flexibility index (Phi) is 6.93. The van der Waals surface area contributed by atoms with Gasteiger partial charge >= 0.3 is 0 Å². The van der Waals surface area contributed by atoms with Gasteiger partial charge in [0.25, 0.3) is 0 Å². The maximum absolute atomic E-state index is 12.7. The average Bonchev–Trinajstić information content (AvgIpc) is 2.38. The third kappa shape index (κ3) is 6.11. The molecule has 19 heavy (non-hydrogen) atoms. The number of rotatable bonds is 9. The molecule has 1 N–H and O–H groups in total. The molecular formula is C12H18FNO4S. The van der Waals surface area contributed by atoms with Gasteiger partial charge in [-0.15, -0.1) is 0 Å². The minimum atomic E-state index is -3.57. The van der Waals surface area contributed by atoms with Gasteiger partial charge in [0.05, 0.1) is 18.1 Å². The van der Waals surface area contributed by atoms with Gasteiger partial charge in [-0.2, -0.15) is 0 Å². The zero-order valence-corrected chi connectivity index (χ0v) is 11.6. The third-order valence-electron chi connectivity index (χ3n) is 2.31. The molecule has 0 aromatic heterocycles. The summed E-state index contributed by atoms with van der Waals surface area (Å²) in [5.41, 5.74) is 0. The molecule has 5 nitrogen and oxygen atoms in total. The molecule has 108 valence electrons. The van der Waals surface area contributed by atoms with Crippen molar-refractivity contribution in [3.05, 3.63) is 30.1 Å². The van der Waals surface area contributed by atoms with E-state index in [9.17, 15) is 12.8 Å². The van der Waals surface area contributed by atoms with Gasteiger partial charge in [0.1, 0.15) is 5.82 Å². The highest BCUT2D eigenvalue weighted by molar-refractivity contribution is 7.89. The molecule has 0 amide bonds. The summed E-state index contributed by atoms with van der Waals surface area (Å²) >= 11 is 0. The molecule has 0 aliphatic rings. The predicted molar refractivity (Wildman–Crippen MR) is 68.9 cm³/mol. The molecule has 0 atom stereocenters. The first-order valence-electron chi connectivity index (χ1n) is 5.88. The van der Waals surface area contributed by atoms with Gasteiger partial charge in [-0.05, 0) is 30.7 Å². The first-order valence-corrected chi connectivity index (χ1v) is 7.36. The Hall–Kier alpha value is -1.02. The van der Waals surface area contributed by atoms with E-state index in [4.69, 9.17) is 9.47 Å². The molecule has 1 aromatic carbocycles. The zero-order valence-electron chi connectivity index (χ0n) is 10.8. The normalized spacial score (nSPS) is 11.7. The minimum Gasteiger partial charge on any atom is -0.382 e. The van der Waals surface area contributed by atoms with E-state index in [1.165, 1.54) is 12.1 Å². The van der Waals surface area contributed by atoms with Crippen LogP contribution in [-0.4, -0.2) is 41.9 Å². The van der Waals surface area contributed by atoms with Crippen LogP contribution >= 0.6 is 0 Å². The molecule has 0 unspecified atom stereocenters. The number of methoxy groups -OCH3 is 1. The molecule has 0 aliphatic carbocycles. The number of halogens is 1. The molecule has 7 heteroatoms. The molecule has 0 heterocycles. The predicted octanol–water partition coefficient (Wildman–Crippen LogP) is 1.16. The van der Waals surface area contributed by atoms with Crippen LogP contribution < -0.4 is 4.72 Å². The standard InChI is InChI=1S/C12H18FNO4S/c1-17-9-10-18-8-2-7-14-19(15,16)12-5-3-11(13)4-6-12/h3-6,14H,2,7-10H2,1H3. The van der Waals surface area contributed by atoms with Crippen molar-refractivity contribution in [3.8, 4) is 0 Å². The molecule has 0 saturated heterocycles. The Labute approximate surface area is 112 Å². The summed E-state index contributed by atoms with van der Waals surface area (Å²) in [4.78, 5) is 0.0502. The quantitative estimate of drug-likeness (QED) is 0.693. The third-order valence-corrected chi connectivity index (χ3v) is 3.79. The highest BCUT2D eigenvalue weighted by Gasteiger charge is 2.12. The number of hydrogen-bond acceptors (Lipinski definition) is 4. The number of sulfonamides is 1.